The van der Waals surface area contributed by atoms with Gasteiger partial charge >= 0.3 is 0 Å². The standard InChI is InChI=1S/C11H15N3O2/c1-7-3-9(7)5-12-11-8(2)4-10(6-13-11)14(15)16/h4,6-7,9H,3,5H2,1-2H3,(H,12,13). The average Bonchev–Trinajstić information content (AvgIpc) is 2.92. The number of nitrogens with one attached hydrogen (secondary N) is 1. The van der Waals surface area contributed by atoms with Crippen LogP contribution in [-0.2, 0) is 0 Å². The van der Waals surface area contributed by atoms with E-state index in [1.165, 1.54) is 12.6 Å². The lowest BCUT2D eigenvalue weighted by Crippen LogP contribution is -2.07. The summed E-state index contributed by atoms with van der Waals surface area (Å²) in [6.45, 7) is 4.97. The van der Waals surface area contributed by atoms with Gasteiger partial charge in [-0.2, -0.15) is 0 Å². The number of aromatic nitrogens is 1. The molecule has 86 valence electrons. The zero-order valence-corrected chi connectivity index (χ0v) is 9.43. The molecule has 1 N–H and O–H groups in total. The Kier molecular flexibility index (Phi) is 2.77. The molecule has 1 aliphatic carbocycles. The topological polar surface area (TPSA) is 68.1 Å². The summed E-state index contributed by atoms with van der Waals surface area (Å²) < 4.78 is 0. The summed E-state index contributed by atoms with van der Waals surface area (Å²) in [6.07, 6.45) is 2.56. The Bertz CT molecular complexity index is 420. The van der Waals surface area contributed by atoms with Crippen LogP contribution >= 0.6 is 0 Å². The summed E-state index contributed by atoms with van der Waals surface area (Å²) in [6, 6.07) is 1.55. The predicted molar refractivity (Wildman–Crippen MR) is 61.4 cm³/mol. The molecule has 0 saturated heterocycles. The van der Waals surface area contributed by atoms with Gasteiger partial charge in [-0.1, -0.05) is 6.92 Å². The molecule has 2 atom stereocenters. The van der Waals surface area contributed by atoms with E-state index in [0.717, 1.165) is 29.8 Å². The lowest BCUT2D eigenvalue weighted by Gasteiger charge is -2.07. The number of hydrogen-bond acceptors (Lipinski definition) is 4. The van der Waals surface area contributed by atoms with E-state index >= 15 is 0 Å². The molecule has 0 aliphatic heterocycles. The van der Waals surface area contributed by atoms with Crippen LogP contribution in [0.3, 0.4) is 0 Å². The summed E-state index contributed by atoms with van der Waals surface area (Å²) in [5, 5.41) is 13.8. The third-order valence-electron chi connectivity index (χ3n) is 3.08. The molecular formula is C11H15N3O2. The molecule has 0 spiro atoms. The largest absolute Gasteiger partial charge is 0.370 e. The molecule has 1 aliphatic rings. The van der Waals surface area contributed by atoms with Crippen LogP contribution in [0.2, 0.25) is 0 Å². The van der Waals surface area contributed by atoms with E-state index in [1.54, 1.807) is 6.07 Å². The molecular weight excluding hydrogens is 206 g/mol. The van der Waals surface area contributed by atoms with Crippen LogP contribution in [0.1, 0.15) is 18.9 Å². The molecule has 1 fully saturated rings. The van der Waals surface area contributed by atoms with E-state index in [2.05, 4.69) is 17.2 Å². The average molecular weight is 221 g/mol. The minimum atomic E-state index is -0.424. The first-order valence-electron chi connectivity index (χ1n) is 5.43. The second-order valence-electron chi connectivity index (χ2n) is 4.47. The monoisotopic (exact) mass is 221 g/mol. The third-order valence-corrected chi connectivity index (χ3v) is 3.08. The van der Waals surface area contributed by atoms with Crippen LogP contribution in [0.15, 0.2) is 12.3 Å². The molecule has 0 amide bonds. The van der Waals surface area contributed by atoms with Crippen molar-refractivity contribution in [2.24, 2.45) is 11.8 Å². The van der Waals surface area contributed by atoms with Crippen molar-refractivity contribution >= 4 is 11.5 Å². The van der Waals surface area contributed by atoms with E-state index in [1.807, 2.05) is 6.92 Å². The highest BCUT2D eigenvalue weighted by Gasteiger charge is 2.32. The highest BCUT2D eigenvalue weighted by molar-refractivity contribution is 5.48. The summed E-state index contributed by atoms with van der Waals surface area (Å²) in [5.41, 5.74) is 0.866. The number of nitrogens with zero attached hydrogens (tertiary/aromatic N) is 2. The summed E-state index contributed by atoms with van der Waals surface area (Å²) in [7, 11) is 0. The number of aryl methyl sites for hydroxylation is 1. The molecule has 5 heteroatoms. The van der Waals surface area contributed by atoms with Crippen molar-refractivity contribution in [3.8, 4) is 0 Å². The Morgan fingerprint density at radius 2 is 2.38 bits per heavy atom. The van der Waals surface area contributed by atoms with Gasteiger partial charge in [0.25, 0.3) is 5.69 Å². The molecule has 16 heavy (non-hydrogen) atoms. The second-order valence-corrected chi connectivity index (χ2v) is 4.47. The predicted octanol–water partition coefficient (Wildman–Crippen LogP) is 2.37. The molecule has 0 bridgehead atoms. The first-order valence-corrected chi connectivity index (χ1v) is 5.43. The molecule has 1 aromatic heterocycles. The Hall–Kier alpha value is -1.65. The lowest BCUT2D eigenvalue weighted by molar-refractivity contribution is -0.385. The van der Waals surface area contributed by atoms with Crippen LogP contribution in [0.4, 0.5) is 11.5 Å². The minimum Gasteiger partial charge on any atom is -0.370 e. The maximum absolute atomic E-state index is 10.5. The van der Waals surface area contributed by atoms with Gasteiger partial charge < -0.3 is 5.32 Å². The van der Waals surface area contributed by atoms with Crippen molar-refractivity contribution in [2.45, 2.75) is 20.3 Å². The van der Waals surface area contributed by atoms with Crippen LogP contribution in [0.5, 0.6) is 0 Å². The molecule has 5 nitrogen and oxygen atoms in total. The van der Waals surface area contributed by atoms with Gasteiger partial charge in [0.05, 0.1) is 4.92 Å². The second kappa shape index (κ2) is 4.08. The molecule has 1 heterocycles. The van der Waals surface area contributed by atoms with Crippen molar-refractivity contribution in [3.63, 3.8) is 0 Å². The van der Waals surface area contributed by atoms with Gasteiger partial charge in [-0.05, 0) is 30.7 Å². The Balaban J connectivity index is 2.01. The van der Waals surface area contributed by atoms with Gasteiger partial charge in [0.1, 0.15) is 12.0 Å². The minimum absolute atomic E-state index is 0.0443. The van der Waals surface area contributed by atoms with Crippen LogP contribution in [-0.4, -0.2) is 16.5 Å². The molecule has 1 saturated carbocycles. The molecule has 0 aromatic carbocycles. The Labute approximate surface area is 94.0 Å². The smallest absolute Gasteiger partial charge is 0.287 e. The van der Waals surface area contributed by atoms with E-state index < -0.39 is 4.92 Å². The van der Waals surface area contributed by atoms with Gasteiger partial charge in [0.15, 0.2) is 0 Å². The van der Waals surface area contributed by atoms with Crippen LogP contribution in [0, 0.1) is 28.9 Å². The third kappa shape index (κ3) is 2.29. The van der Waals surface area contributed by atoms with E-state index in [9.17, 15) is 10.1 Å². The summed E-state index contributed by atoms with van der Waals surface area (Å²) >= 11 is 0. The highest BCUT2D eigenvalue weighted by atomic mass is 16.6. The zero-order valence-electron chi connectivity index (χ0n) is 9.43. The summed E-state index contributed by atoms with van der Waals surface area (Å²) in [4.78, 5) is 14.2. The summed E-state index contributed by atoms with van der Waals surface area (Å²) in [5.74, 6) is 2.28. The van der Waals surface area contributed by atoms with Gasteiger partial charge in [-0.3, -0.25) is 10.1 Å². The van der Waals surface area contributed by atoms with Crippen molar-refractivity contribution in [3.05, 3.63) is 27.9 Å². The SMILES string of the molecule is Cc1cc([N+](=O)[O-])cnc1NCC1CC1C. The van der Waals surface area contributed by atoms with Crippen molar-refractivity contribution in [1.82, 2.24) is 4.98 Å². The zero-order chi connectivity index (χ0) is 11.7. The Morgan fingerprint density at radius 3 is 2.88 bits per heavy atom. The van der Waals surface area contributed by atoms with Crippen molar-refractivity contribution in [1.29, 1.82) is 0 Å². The highest BCUT2D eigenvalue weighted by Crippen LogP contribution is 2.37. The lowest BCUT2D eigenvalue weighted by atomic mass is 10.2. The van der Waals surface area contributed by atoms with Gasteiger partial charge in [0.2, 0.25) is 0 Å². The number of rotatable bonds is 4. The first-order chi connectivity index (χ1) is 7.58. The number of pyridine rings is 1. The van der Waals surface area contributed by atoms with Gasteiger partial charge in [0, 0.05) is 12.6 Å². The Morgan fingerprint density at radius 1 is 1.69 bits per heavy atom. The fraction of sp³-hybridized carbons (Fsp3) is 0.545. The fourth-order valence-electron chi connectivity index (χ4n) is 1.76. The van der Waals surface area contributed by atoms with Gasteiger partial charge in [-0.15, -0.1) is 0 Å². The molecule has 2 rings (SSSR count). The van der Waals surface area contributed by atoms with E-state index in [0.29, 0.717) is 0 Å². The van der Waals surface area contributed by atoms with Gasteiger partial charge in [-0.25, -0.2) is 4.98 Å². The van der Waals surface area contributed by atoms with Crippen LogP contribution in [0.25, 0.3) is 0 Å². The molecule has 0 radical (unpaired) electrons. The van der Waals surface area contributed by atoms with E-state index in [-0.39, 0.29) is 5.69 Å². The number of nitro groups is 1. The normalized spacial score (nSPS) is 22.9. The number of hydrogen-bond donors (Lipinski definition) is 1. The van der Waals surface area contributed by atoms with Crippen molar-refractivity contribution in [2.75, 3.05) is 11.9 Å². The van der Waals surface area contributed by atoms with Crippen LogP contribution < -0.4 is 5.32 Å². The maximum Gasteiger partial charge on any atom is 0.287 e. The molecule has 2 unspecified atom stereocenters. The maximum atomic E-state index is 10.5. The first kappa shape index (κ1) is 10.9. The van der Waals surface area contributed by atoms with Crippen molar-refractivity contribution < 1.29 is 4.92 Å². The van der Waals surface area contributed by atoms with E-state index in [4.69, 9.17) is 0 Å². The molecule has 1 aromatic rings. The quantitative estimate of drug-likeness (QED) is 0.626. The fourth-order valence-corrected chi connectivity index (χ4v) is 1.76. The number of anilines is 1.